The lowest BCUT2D eigenvalue weighted by atomic mass is 10.2. The zero-order valence-electron chi connectivity index (χ0n) is 11.0. The van der Waals surface area contributed by atoms with E-state index in [-0.39, 0.29) is 5.91 Å². The van der Waals surface area contributed by atoms with Crippen LogP contribution >= 0.6 is 11.6 Å². The highest BCUT2D eigenvalue weighted by atomic mass is 35.5. The molecule has 0 saturated carbocycles. The van der Waals surface area contributed by atoms with E-state index in [0.29, 0.717) is 23.7 Å². The third-order valence-electron chi connectivity index (χ3n) is 3.32. The lowest BCUT2D eigenvalue weighted by Crippen LogP contribution is -2.26. The molecular formula is C14H20ClN3O. The van der Waals surface area contributed by atoms with Gasteiger partial charge in [-0.15, -0.1) is 0 Å². The Hall–Kier alpha value is -1.26. The molecule has 0 atom stereocenters. The maximum absolute atomic E-state index is 11.9. The van der Waals surface area contributed by atoms with Crippen molar-refractivity contribution in [3.63, 3.8) is 0 Å². The summed E-state index contributed by atoms with van der Waals surface area (Å²) in [4.78, 5) is 14.1. The van der Waals surface area contributed by atoms with Gasteiger partial charge in [0.25, 0.3) is 5.91 Å². The number of nitrogens with two attached hydrogens (primary N) is 1. The quantitative estimate of drug-likeness (QED) is 0.812. The Labute approximate surface area is 118 Å². The van der Waals surface area contributed by atoms with E-state index in [1.807, 2.05) is 12.1 Å². The van der Waals surface area contributed by atoms with Crippen molar-refractivity contribution >= 4 is 23.2 Å². The second-order valence-electron chi connectivity index (χ2n) is 4.76. The molecule has 1 saturated heterocycles. The fourth-order valence-corrected chi connectivity index (χ4v) is 2.57. The van der Waals surface area contributed by atoms with Crippen LogP contribution in [0.15, 0.2) is 18.2 Å². The van der Waals surface area contributed by atoms with E-state index >= 15 is 0 Å². The minimum atomic E-state index is -0.0941. The lowest BCUT2D eigenvalue weighted by Gasteiger charge is -2.19. The van der Waals surface area contributed by atoms with Crippen LogP contribution in [0, 0.1) is 0 Å². The van der Waals surface area contributed by atoms with E-state index < -0.39 is 0 Å². The third kappa shape index (κ3) is 3.61. The molecule has 0 spiro atoms. The van der Waals surface area contributed by atoms with Crippen LogP contribution in [0.3, 0.4) is 0 Å². The first-order valence-corrected chi connectivity index (χ1v) is 7.13. The van der Waals surface area contributed by atoms with Gasteiger partial charge in [0.2, 0.25) is 0 Å². The van der Waals surface area contributed by atoms with Gasteiger partial charge < -0.3 is 16.0 Å². The third-order valence-corrected chi connectivity index (χ3v) is 3.63. The number of carbonyl (C=O) groups is 1. The zero-order valence-corrected chi connectivity index (χ0v) is 11.7. The zero-order chi connectivity index (χ0) is 13.7. The second-order valence-corrected chi connectivity index (χ2v) is 5.17. The minimum absolute atomic E-state index is 0.0941. The summed E-state index contributed by atoms with van der Waals surface area (Å²) in [6.07, 6.45) is 3.20. The molecule has 1 heterocycles. The van der Waals surface area contributed by atoms with Gasteiger partial charge in [0, 0.05) is 25.2 Å². The van der Waals surface area contributed by atoms with E-state index in [4.69, 9.17) is 17.3 Å². The van der Waals surface area contributed by atoms with Crippen molar-refractivity contribution in [3.8, 4) is 0 Å². The van der Waals surface area contributed by atoms with Gasteiger partial charge in [0.15, 0.2) is 0 Å². The monoisotopic (exact) mass is 281 g/mol. The number of rotatable bonds is 5. The topological polar surface area (TPSA) is 58.4 Å². The van der Waals surface area contributed by atoms with Crippen molar-refractivity contribution < 1.29 is 4.79 Å². The van der Waals surface area contributed by atoms with Crippen LogP contribution in [-0.2, 0) is 0 Å². The number of carbonyl (C=O) groups excluding carboxylic acids is 1. The minimum Gasteiger partial charge on any atom is -0.370 e. The number of amides is 1. The Morgan fingerprint density at radius 2 is 2.11 bits per heavy atom. The first-order valence-electron chi connectivity index (χ1n) is 6.75. The molecule has 19 heavy (non-hydrogen) atoms. The molecule has 2 rings (SSSR count). The van der Waals surface area contributed by atoms with Crippen molar-refractivity contribution in [1.82, 2.24) is 5.32 Å². The average molecular weight is 282 g/mol. The summed E-state index contributed by atoms with van der Waals surface area (Å²) in [6.45, 7) is 3.26. The number of hydrogen-bond donors (Lipinski definition) is 2. The molecule has 1 amide bonds. The molecule has 1 fully saturated rings. The van der Waals surface area contributed by atoms with Crippen molar-refractivity contribution in [2.45, 2.75) is 19.3 Å². The molecule has 0 aromatic heterocycles. The van der Waals surface area contributed by atoms with Crippen LogP contribution in [0.4, 0.5) is 5.69 Å². The van der Waals surface area contributed by atoms with Crippen molar-refractivity contribution in [1.29, 1.82) is 0 Å². The van der Waals surface area contributed by atoms with Crippen LogP contribution < -0.4 is 16.0 Å². The predicted octanol–water partition coefficient (Wildman–Crippen LogP) is 2.02. The Kier molecular flexibility index (Phi) is 5.05. The number of hydrogen-bond acceptors (Lipinski definition) is 3. The molecule has 5 heteroatoms. The Balaban J connectivity index is 2.03. The molecule has 1 aliphatic rings. The molecular weight excluding hydrogens is 262 g/mol. The molecule has 0 unspecified atom stereocenters. The fourth-order valence-electron chi connectivity index (χ4n) is 2.27. The Bertz CT molecular complexity index is 444. The molecule has 0 aliphatic carbocycles. The maximum Gasteiger partial charge on any atom is 0.251 e. The highest BCUT2D eigenvalue weighted by Crippen LogP contribution is 2.29. The Morgan fingerprint density at radius 1 is 1.37 bits per heavy atom. The SMILES string of the molecule is NCCCNC(=O)c1ccc(N2CCCC2)c(Cl)c1. The van der Waals surface area contributed by atoms with E-state index in [0.717, 1.165) is 25.2 Å². The van der Waals surface area contributed by atoms with Gasteiger partial charge in [0.1, 0.15) is 0 Å². The van der Waals surface area contributed by atoms with Crippen molar-refractivity contribution in [3.05, 3.63) is 28.8 Å². The van der Waals surface area contributed by atoms with E-state index in [1.54, 1.807) is 6.07 Å². The van der Waals surface area contributed by atoms with Gasteiger partial charge in [-0.1, -0.05) is 11.6 Å². The number of anilines is 1. The van der Waals surface area contributed by atoms with Gasteiger partial charge >= 0.3 is 0 Å². The molecule has 4 nitrogen and oxygen atoms in total. The van der Waals surface area contributed by atoms with Crippen LogP contribution in [-0.4, -0.2) is 32.1 Å². The van der Waals surface area contributed by atoms with E-state index in [2.05, 4.69) is 10.2 Å². The van der Waals surface area contributed by atoms with Crippen molar-refractivity contribution in [2.75, 3.05) is 31.1 Å². The van der Waals surface area contributed by atoms with Gasteiger partial charge in [0.05, 0.1) is 10.7 Å². The number of benzene rings is 1. The number of halogens is 1. The smallest absolute Gasteiger partial charge is 0.251 e. The first kappa shape index (κ1) is 14.2. The number of nitrogens with zero attached hydrogens (tertiary/aromatic N) is 1. The van der Waals surface area contributed by atoms with Crippen LogP contribution in [0.2, 0.25) is 5.02 Å². The molecule has 1 aliphatic heterocycles. The summed E-state index contributed by atoms with van der Waals surface area (Å²) < 4.78 is 0. The molecule has 0 radical (unpaired) electrons. The van der Waals surface area contributed by atoms with Gasteiger partial charge in [-0.05, 0) is 44.0 Å². The predicted molar refractivity (Wildman–Crippen MR) is 78.9 cm³/mol. The largest absolute Gasteiger partial charge is 0.370 e. The molecule has 0 bridgehead atoms. The van der Waals surface area contributed by atoms with Crippen molar-refractivity contribution in [2.24, 2.45) is 5.73 Å². The highest BCUT2D eigenvalue weighted by Gasteiger charge is 2.16. The van der Waals surface area contributed by atoms with Crippen LogP contribution in [0.5, 0.6) is 0 Å². The first-order chi connectivity index (χ1) is 9.22. The summed E-state index contributed by atoms with van der Waals surface area (Å²) in [6, 6.07) is 5.51. The van der Waals surface area contributed by atoms with E-state index in [9.17, 15) is 4.79 Å². The molecule has 104 valence electrons. The molecule has 1 aromatic carbocycles. The summed E-state index contributed by atoms with van der Waals surface area (Å²) in [7, 11) is 0. The maximum atomic E-state index is 11.9. The van der Waals surface area contributed by atoms with E-state index in [1.165, 1.54) is 12.8 Å². The Morgan fingerprint density at radius 3 is 2.74 bits per heavy atom. The van der Waals surface area contributed by atoms with Crippen LogP contribution in [0.1, 0.15) is 29.6 Å². The normalized spacial score (nSPS) is 14.7. The average Bonchev–Trinajstić information content (AvgIpc) is 2.92. The van der Waals surface area contributed by atoms with Crippen LogP contribution in [0.25, 0.3) is 0 Å². The molecule has 3 N–H and O–H groups in total. The molecule has 1 aromatic rings. The van der Waals surface area contributed by atoms with Gasteiger partial charge in [-0.2, -0.15) is 0 Å². The second kappa shape index (κ2) is 6.78. The summed E-state index contributed by atoms with van der Waals surface area (Å²) in [5, 5.41) is 3.47. The fraction of sp³-hybridized carbons (Fsp3) is 0.500. The summed E-state index contributed by atoms with van der Waals surface area (Å²) >= 11 is 6.27. The van der Waals surface area contributed by atoms with Gasteiger partial charge in [-0.3, -0.25) is 4.79 Å². The summed E-state index contributed by atoms with van der Waals surface area (Å²) in [5.74, 6) is -0.0941. The number of nitrogens with one attached hydrogen (secondary N) is 1. The highest BCUT2D eigenvalue weighted by molar-refractivity contribution is 6.33. The summed E-state index contributed by atoms with van der Waals surface area (Å²) in [5.41, 5.74) is 7.02. The standard InChI is InChI=1S/C14H20ClN3O/c15-12-10-11(14(19)17-7-3-6-16)4-5-13(12)18-8-1-2-9-18/h4-5,10H,1-3,6-9,16H2,(H,17,19). The lowest BCUT2D eigenvalue weighted by molar-refractivity contribution is 0.0953. The van der Waals surface area contributed by atoms with Gasteiger partial charge in [-0.25, -0.2) is 0 Å².